The Morgan fingerprint density at radius 2 is 1.76 bits per heavy atom. The van der Waals surface area contributed by atoms with Crippen LogP contribution in [0.5, 0.6) is 0 Å². The Morgan fingerprint density at radius 3 is 2.43 bits per heavy atom. The molecule has 0 unspecified atom stereocenters. The molecule has 0 amide bonds. The van der Waals surface area contributed by atoms with E-state index in [1.807, 2.05) is 24.3 Å². The number of benzene rings is 2. The highest BCUT2D eigenvalue weighted by Gasteiger charge is 2.18. The van der Waals surface area contributed by atoms with E-state index in [0.29, 0.717) is 17.1 Å². The van der Waals surface area contributed by atoms with Crippen LogP contribution in [0.3, 0.4) is 0 Å². The van der Waals surface area contributed by atoms with Gasteiger partial charge >= 0.3 is 0 Å². The summed E-state index contributed by atoms with van der Waals surface area (Å²) in [5, 5.41) is 0.431. The molecule has 0 radical (unpaired) electrons. The summed E-state index contributed by atoms with van der Waals surface area (Å²) < 4.78 is 27.3. The van der Waals surface area contributed by atoms with Crippen molar-refractivity contribution in [1.29, 1.82) is 0 Å². The summed E-state index contributed by atoms with van der Waals surface area (Å²) in [7, 11) is -3.61. The SMILES string of the molecule is Cc1c(Cl)cccc1S(=O)(=O)NCc1ccccc1CN. The molecule has 0 heterocycles. The Bertz CT molecular complexity index is 745. The van der Waals surface area contributed by atoms with Crippen LogP contribution in [0.4, 0.5) is 0 Å². The van der Waals surface area contributed by atoms with Crippen LogP contribution in [0, 0.1) is 6.92 Å². The van der Waals surface area contributed by atoms with E-state index in [1.165, 1.54) is 0 Å². The number of nitrogens with one attached hydrogen (secondary N) is 1. The third-order valence-corrected chi connectivity index (χ3v) is 5.25. The fourth-order valence-corrected chi connectivity index (χ4v) is 3.56. The van der Waals surface area contributed by atoms with Crippen LogP contribution in [-0.4, -0.2) is 8.42 Å². The molecule has 0 atom stereocenters. The maximum Gasteiger partial charge on any atom is 0.241 e. The van der Waals surface area contributed by atoms with Gasteiger partial charge in [0.25, 0.3) is 0 Å². The molecule has 0 aromatic heterocycles. The number of nitrogens with two attached hydrogens (primary N) is 1. The molecule has 0 saturated carbocycles. The van der Waals surface area contributed by atoms with E-state index in [2.05, 4.69) is 4.72 Å². The van der Waals surface area contributed by atoms with E-state index in [9.17, 15) is 8.42 Å². The minimum absolute atomic E-state index is 0.195. The monoisotopic (exact) mass is 324 g/mol. The van der Waals surface area contributed by atoms with Crippen LogP contribution in [0.1, 0.15) is 16.7 Å². The average molecular weight is 325 g/mol. The van der Waals surface area contributed by atoms with Crippen molar-refractivity contribution in [3.05, 3.63) is 64.2 Å². The van der Waals surface area contributed by atoms with Gasteiger partial charge in [-0.25, -0.2) is 13.1 Å². The second-order valence-electron chi connectivity index (χ2n) is 4.66. The fraction of sp³-hybridized carbons (Fsp3) is 0.200. The lowest BCUT2D eigenvalue weighted by atomic mass is 10.1. The number of rotatable bonds is 5. The minimum Gasteiger partial charge on any atom is -0.326 e. The fourth-order valence-electron chi connectivity index (χ4n) is 2.06. The van der Waals surface area contributed by atoms with Crippen LogP contribution in [0.15, 0.2) is 47.4 Å². The summed E-state index contributed by atoms with van der Waals surface area (Å²) in [4.78, 5) is 0.195. The van der Waals surface area contributed by atoms with Crippen molar-refractivity contribution in [2.75, 3.05) is 0 Å². The predicted octanol–water partition coefficient (Wildman–Crippen LogP) is 2.59. The lowest BCUT2D eigenvalue weighted by Gasteiger charge is -2.12. The summed E-state index contributed by atoms with van der Waals surface area (Å²) in [6, 6.07) is 12.3. The van der Waals surface area contributed by atoms with Crippen molar-refractivity contribution >= 4 is 21.6 Å². The van der Waals surface area contributed by atoms with Crippen molar-refractivity contribution < 1.29 is 8.42 Å². The lowest BCUT2D eigenvalue weighted by molar-refractivity contribution is 0.580. The molecule has 6 heteroatoms. The molecule has 4 nitrogen and oxygen atoms in total. The first-order chi connectivity index (χ1) is 9.95. The molecule has 2 aromatic rings. The zero-order valence-electron chi connectivity index (χ0n) is 11.6. The maximum atomic E-state index is 12.4. The largest absolute Gasteiger partial charge is 0.326 e. The summed E-state index contributed by atoms with van der Waals surface area (Å²) in [5.74, 6) is 0. The highest BCUT2D eigenvalue weighted by atomic mass is 35.5. The minimum atomic E-state index is -3.61. The Morgan fingerprint density at radius 1 is 1.10 bits per heavy atom. The van der Waals surface area contributed by atoms with Gasteiger partial charge in [0.15, 0.2) is 0 Å². The molecule has 3 N–H and O–H groups in total. The molecule has 112 valence electrons. The molecular weight excluding hydrogens is 308 g/mol. The molecule has 0 spiro atoms. The van der Waals surface area contributed by atoms with E-state index in [4.69, 9.17) is 17.3 Å². The third kappa shape index (κ3) is 3.63. The highest BCUT2D eigenvalue weighted by Crippen LogP contribution is 2.22. The van der Waals surface area contributed by atoms with Gasteiger partial charge in [-0.1, -0.05) is 41.9 Å². The van der Waals surface area contributed by atoms with Gasteiger partial charge in [-0.15, -0.1) is 0 Å². The van der Waals surface area contributed by atoms with Crippen LogP contribution in [0.2, 0.25) is 5.02 Å². The van der Waals surface area contributed by atoms with E-state index < -0.39 is 10.0 Å². The second-order valence-corrected chi connectivity index (χ2v) is 6.80. The molecule has 0 aliphatic rings. The number of sulfonamides is 1. The Kier molecular flexibility index (Phi) is 5.00. The van der Waals surface area contributed by atoms with Gasteiger partial charge in [0, 0.05) is 18.1 Å². The third-order valence-electron chi connectivity index (χ3n) is 3.30. The molecule has 0 fully saturated rings. The Balaban J connectivity index is 2.24. The van der Waals surface area contributed by atoms with Gasteiger partial charge in [0.1, 0.15) is 0 Å². The zero-order chi connectivity index (χ0) is 15.5. The van der Waals surface area contributed by atoms with Crippen molar-refractivity contribution in [3.63, 3.8) is 0 Å². The molecule has 2 rings (SSSR count). The van der Waals surface area contributed by atoms with Crippen molar-refractivity contribution in [3.8, 4) is 0 Å². The van der Waals surface area contributed by atoms with Crippen LogP contribution in [-0.2, 0) is 23.1 Å². The second kappa shape index (κ2) is 6.58. The topological polar surface area (TPSA) is 72.2 Å². The van der Waals surface area contributed by atoms with E-state index in [0.717, 1.165) is 11.1 Å². The Hall–Kier alpha value is -1.40. The summed E-state index contributed by atoms with van der Waals surface area (Å²) in [6.07, 6.45) is 0. The molecule has 21 heavy (non-hydrogen) atoms. The Labute approximate surface area is 130 Å². The first-order valence-electron chi connectivity index (χ1n) is 6.47. The van der Waals surface area contributed by atoms with Gasteiger partial charge < -0.3 is 5.73 Å². The van der Waals surface area contributed by atoms with E-state index in [1.54, 1.807) is 25.1 Å². The predicted molar refractivity (Wildman–Crippen MR) is 84.5 cm³/mol. The smallest absolute Gasteiger partial charge is 0.241 e. The molecule has 0 aliphatic carbocycles. The number of hydrogen-bond acceptors (Lipinski definition) is 3. The maximum absolute atomic E-state index is 12.4. The molecular formula is C15H17ClN2O2S. The van der Waals surface area contributed by atoms with Gasteiger partial charge in [-0.2, -0.15) is 0 Å². The lowest BCUT2D eigenvalue weighted by Crippen LogP contribution is -2.24. The van der Waals surface area contributed by atoms with Gasteiger partial charge in [-0.3, -0.25) is 0 Å². The molecule has 0 aliphatic heterocycles. The van der Waals surface area contributed by atoms with Crippen LogP contribution >= 0.6 is 11.6 Å². The summed E-state index contributed by atoms with van der Waals surface area (Å²) in [5.41, 5.74) is 7.97. The van der Waals surface area contributed by atoms with E-state index in [-0.39, 0.29) is 11.4 Å². The average Bonchev–Trinajstić information content (AvgIpc) is 2.48. The van der Waals surface area contributed by atoms with Gasteiger partial charge in [-0.05, 0) is 35.7 Å². The van der Waals surface area contributed by atoms with E-state index >= 15 is 0 Å². The highest BCUT2D eigenvalue weighted by molar-refractivity contribution is 7.89. The van der Waals surface area contributed by atoms with Gasteiger partial charge in [0.2, 0.25) is 10.0 Å². The summed E-state index contributed by atoms with van der Waals surface area (Å²) in [6.45, 7) is 2.25. The van der Waals surface area contributed by atoms with Crippen LogP contribution in [0.25, 0.3) is 0 Å². The standard InChI is InChI=1S/C15H17ClN2O2S/c1-11-14(16)7-4-8-15(11)21(19,20)18-10-13-6-3-2-5-12(13)9-17/h2-8,18H,9-10,17H2,1H3. The van der Waals surface area contributed by atoms with Crippen LogP contribution < -0.4 is 10.5 Å². The first-order valence-corrected chi connectivity index (χ1v) is 8.33. The molecule has 0 saturated heterocycles. The van der Waals surface area contributed by atoms with Crippen molar-refractivity contribution in [2.24, 2.45) is 5.73 Å². The normalized spacial score (nSPS) is 11.6. The quantitative estimate of drug-likeness (QED) is 0.888. The molecule has 2 aromatic carbocycles. The first kappa shape index (κ1) is 16.0. The summed E-state index contributed by atoms with van der Waals surface area (Å²) >= 11 is 5.98. The molecule has 0 bridgehead atoms. The number of hydrogen-bond donors (Lipinski definition) is 2. The van der Waals surface area contributed by atoms with Gasteiger partial charge in [0.05, 0.1) is 4.90 Å². The van der Waals surface area contributed by atoms with Crippen molar-refractivity contribution in [1.82, 2.24) is 4.72 Å². The number of halogens is 1. The zero-order valence-corrected chi connectivity index (χ0v) is 13.2. The van der Waals surface area contributed by atoms with Crippen molar-refractivity contribution in [2.45, 2.75) is 24.9 Å².